The van der Waals surface area contributed by atoms with Crippen LogP contribution in [0.15, 0.2) is 105 Å². The van der Waals surface area contributed by atoms with Crippen LogP contribution in [0, 0.1) is 138 Å². The summed E-state index contributed by atoms with van der Waals surface area (Å²) in [5, 5.41) is 63.1. The molecule has 141 heavy (non-hydrogen) atoms. The number of nitriles is 1. The molecule has 8 fully saturated rings. The third-order valence-corrected chi connectivity index (χ3v) is 32.9. The summed E-state index contributed by atoms with van der Waals surface area (Å²) in [7, 11) is -3.33. The van der Waals surface area contributed by atoms with E-state index in [2.05, 4.69) is 126 Å². The minimum atomic E-state index is -3.33. The molecule has 7 heterocycles. The molecule has 37 heteroatoms. The first kappa shape index (κ1) is 122. The number of rotatable bonds is 31. The van der Waals surface area contributed by atoms with Crippen molar-refractivity contribution in [2.24, 2.45) is 126 Å². The summed E-state index contributed by atoms with van der Waals surface area (Å²) in [6, 6.07) is 12.3. The average Bonchev–Trinajstić information content (AvgIpc) is 1.62. The molecule has 35 nitrogen and oxygen atoms in total. The van der Waals surface area contributed by atoms with Crippen molar-refractivity contribution in [2.75, 3.05) is 26.0 Å². The van der Waals surface area contributed by atoms with E-state index in [1.807, 2.05) is 87.4 Å². The van der Waals surface area contributed by atoms with Crippen molar-refractivity contribution in [2.45, 2.75) is 307 Å². The summed E-state index contributed by atoms with van der Waals surface area (Å²) in [5.74, 6) is 8.44. The maximum absolute atomic E-state index is 11.5. The van der Waals surface area contributed by atoms with Crippen LogP contribution in [0.1, 0.15) is 279 Å². The number of carbonyl (C=O) groups is 10. The first-order chi connectivity index (χ1) is 65.0. The molecular weight excluding hydrogens is 1810 g/mol. The third kappa shape index (κ3) is 35.9. The smallest absolute Gasteiger partial charge is 0.870 e. The molecule has 6 aromatic heterocycles. The Morgan fingerprint density at radius 3 is 1.07 bits per heavy atom. The van der Waals surface area contributed by atoms with E-state index in [-0.39, 0.29) is 110 Å². The summed E-state index contributed by atoms with van der Waals surface area (Å²) >= 11 is 0. The van der Waals surface area contributed by atoms with Gasteiger partial charge in [0.2, 0.25) is 0 Å². The van der Waals surface area contributed by atoms with E-state index in [0.717, 1.165) is 147 Å². The fourth-order valence-corrected chi connectivity index (χ4v) is 18.4. The molecule has 9 aliphatic rings. The Morgan fingerprint density at radius 1 is 0.468 bits per heavy atom. The molecule has 0 bridgehead atoms. The van der Waals surface area contributed by atoms with Gasteiger partial charge in [0.25, 0.3) is 10.1 Å². The number of hydrogen-bond donors (Lipinski definition) is 3. The van der Waals surface area contributed by atoms with Crippen molar-refractivity contribution in [1.29, 1.82) is 5.26 Å². The van der Waals surface area contributed by atoms with Gasteiger partial charge in [0.05, 0.1) is 119 Å². The van der Waals surface area contributed by atoms with Gasteiger partial charge in [-0.2, -0.15) is 89.1 Å². The SMILES string of the molecule is CC(=O)C(C)(C)C1CC(=O)C1.CC(=O)C(C)(C)C1CC(C=O)C1.CC(=O)C(C)(C)C1CC(COS(C)(=O)=O)C1.CC(=O)C(C)(C)C1CC(Cn2nccn2)C1.CC(=O)C(C)(C)C1CC(Cn2nccn2)C1.CC(=O)C(C)(C)C1CC(Cn2nccn2)C1.CC(=O)C(C)(C)C1CC(OCc2ccccc2)C1.CC(C)(C(=O)O)C1CC(Cn2nccn2)C1.N#Cc1cncc2c1OCCNC2.[Li+].[OH-].c1cn[nH]n1. The normalized spacial score (nSPS) is 23.1. The van der Waals surface area contributed by atoms with Gasteiger partial charge in [-0.15, -0.1) is 0 Å². The number of Topliss-reactive ketones (excluding diaryl/α,β-unsaturated/α-hetero) is 8. The van der Waals surface area contributed by atoms with Crippen LogP contribution < -0.4 is 28.9 Å². The first-order valence-corrected chi connectivity index (χ1v) is 50.9. The van der Waals surface area contributed by atoms with E-state index in [1.165, 1.54) is 11.8 Å². The number of ether oxygens (including phenoxy) is 2. The number of carboxylic acids is 1. The van der Waals surface area contributed by atoms with Crippen molar-refractivity contribution >= 4 is 68.6 Å². The molecule has 8 saturated carbocycles. The van der Waals surface area contributed by atoms with Crippen molar-refractivity contribution in [3.05, 3.63) is 121 Å². The molecule has 0 amide bonds. The number of ketones is 8. The van der Waals surface area contributed by atoms with Crippen LogP contribution in [0.3, 0.4) is 0 Å². The number of aliphatic carboxylic acids is 1. The first-order valence-electron chi connectivity index (χ1n) is 49.1. The summed E-state index contributed by atoms with van der Waals surface area (Å²) in [6.07, 6.45) is 37.8. The van der Waals surface area contributed by atoms with Crippen molar-refractivity contribution < 1.29 is 99.5 Å². The molecule has 7 aromatic rings. The second kappa shape index (κ2) is 54.3. The number of hydrogen-bond acceptors (Lipinski definition) is 29. The van der Waals surface area contributed by atoms with Gasteiger partial charge in [-0.25, -0.2) is 0 Å². The molecule has 0 unspecified atom stereocenters. The van der Waals surface area contributed by atoms with Crippen LogP contribution in [0.2, 0.25) is 0 Å². The van der Waals surface area contributed by atoms with E-state index in [0.29, 0.717) is 132 Å². The summed E-state index contributed by atoms with van der Waals surface area (Å²) < 4.78 is 37.6. The van der Waals surface area contributed by atoms with Gasteiger partial charge in [0, 0.05) is 87.7 Å². The van der Waals surface area contributed by atoms with Crippen molar-refractivity contribution in [3.63, 3.8) is 0 Å². The van der Waals surface area contributed by atoms with Gasteiger partial charge in [-0.3, -0.25) is 52.3 Å². The molecule has 0 atom stereocenters. The number of fused-ring (bicyclic) bond motifs is 1. The van der Waals surface area contributed by atoms with Gasteiger partial charge in [-0.1, -0.05) is 127 Å². The Balaban J connectivity index is 0.000000278. The zero-order valence-corrected chi connectivity index (χ0v) is 89.1. The predicted octanol–water partition coefficient (Wildman–Crippen LogP) is 12.8. The predicted molar refractivity (Wildman–Crippen MR) is 527 cm³/mol. The van der Waals surface area contributed by atoms with Crippen LogP contribution in [0.25, 0.3) is 0 Å². The molecule has 0 spiro atoms. The van der Waals surface area contributed by atoms with Crippen LogP contribution >= 0.6 is 0 Å². The molecule has 774 valence electrons. The van der Waals surface area contributed by atoms with Crippen LogP contribution in [-0.2, 0) is 106 Å². The zero-order valence-electron chi connectivity index (χ0n) is 88.3. The Hall–Kier alpha value is -9.75. The quantitative estimate of drug-likeness (QED) is 0.0206. The number of pyridine rings is 1. The number of carbonyl (C=O) groups excluding carboxylic acids is 9. The molecule has 0 radical (unpaired) electrons. The zero-order chi connectivity index (χ0) is 103. The number of nitrogens with zero attached hydrogens (tertiary/aromatic N) is 16. The van der Waals surface area contributed by atoms with Crippen LogP contribution in [0.4, 0.5) is 0 Å². The largest absolute Gasteiger partial charge is 1.00 e. The Bertz CT molecular complexity index is 4870. The molecule has 16 rings (SSSR count). The topological polar surface area (TPSA) is 496 Å². The van der Waals surface area contributed by atoms with Gasteiger partial charge in [-0.05, 0) is 235 Å². The summed E-state index contributed by atoms with van der Waals surface area (Å²) in [6.45, 7) is 49.9. The standard InChI is InChI=1S/C16H22O2.3C12H19N3O.C11H17N3O2.C11H20O4S.C10H16O2.C9H9N3O.C9H14O2.C2H3N3.Li.H2O/c1-12(17)16(2,3)14-9-15(10-14)18-11-13-7-5-4-6-8-13;3*1-9(16)12(2,3)11-6-10(7-11)8-15-13-4-5-14-15;1-11(2,10(15)16)9-5-8(6-9)7-14-12-3-4-13-14;1-8(12)11(2,3)10-5-9(6-10)7-15-16(4,13)14;1-7(12)10(2,3)9-4-8(5-9)6-11;10-3-7-4-12-6-8-5-11-1-2-13-9(7)8;1-6(10)9(2,3)7-4-8(11)5-7;1-2-4-5-3-1;;/h4-8,14-15H,9-11H2,1-3H3;3*4-5,10-11H,6-8H2,1-3H3;3-4,8-9H,5-7H2,1-2H3,(H,15,16);9-10H,5-7H2,1-4H3;6,8-9H,4-5H2,1-3H3;4,6,11H,1-2,5H2;7H,4-5H2,1-3H3;1-2H,(H,3,4,5);;1H2/q;;;;;;;;;;+1;/p-1. The number of aromatic amines is 1. The number of nitrogens with one attached hydrogen (secondary N) is 2. The number of aromatic nitrogens is 16. The Kier molecular flexibility index (Phi) is 46.8. The second-order valence-corrected chi connectivity index (χ2v) is 45.9. The molecule has 8 aliphatic carbocycles. The van der Waals surface area contributed by atoms with Gasteiger partial charge in [0.15, 0.2) is 0 Å². The maximum atomic E-state index is 11.5. The fraction of sp³-hybridized carbons (Fsp3) is 0.692. The monoisotopic (exact) mass is 1970 g/mol. The maximum Gasteiger partial charge on any atom is 1.00 e. The minimum absolute atomic E-state index is 0. The van der Waals surface area contributed by atoms with Gasteiger partial charge < -0.3 is 30.2 Å². The van der Waals surface area contributed by atoms with Gasteiger partial charge >= 0.3 is 24.8 Å². The Morgan fingerprint density at radius 2 is 0.780 bits per heavy atom. The van der Waals surface area contributed by atoms with E-state index in [1.54, 1.807) is 136 Å². The van der Waals surface area contributed by atoms with Crippen LogP contribution in [-0.4, -0.2) is 190 Å². The average molecular weight is 1970 g/mol. The molecular formula is C104H159LiN18O17S. The minimum Gasteiger partial charge on any atom is -0.870 e. The third-order valence-electron chi connectivity index (χ3n) is 32.3. The molecule has 0 saturated heterocycles. The second-order valence-electron chi connectivity index (χ2n) is 44.2. The van der Waals surface area contributed by atoms with E-state index in [4.69, 9.17) is 24.0 Å². The number of aldehydes is 1. The van der Waals surface area contributed by atoms with E-state index < -0.39 is 21.5 Å². The number of carboxylic acid groups (broad SMARTS) is 1. The number of H-pyrrole nitrogens is 1. The fourth-order valence-electron chi connectivity index (χ4n) is 18.0. The van der Waals surface area contributed by atoms with Crippen LogP contribution in [0.5, 0.6) is 5.75 Å². The summed E-state index contributed by atoms with van der Waals surface area (Å²) in [5.41, 5.74) is 0.621. The van der Waals surface area contributed by atoms with Crippen molar-refractivity contribution in [1.82, 2.24) is 85.7 Å². The van der Waals surface area contributed by atoms with E-state index in [9.17, 15) is 56.4 Å². The number of benzene rings is 1. The van der Waals surface area contributed by atoms with E-state index >= 15 is 0 Å². The van der Waals surface area contributed by atoms with Crippen molar-refractivity contribution in [3.8, 4) is 11.8 Å². The Labute approximate surface area is 846 Å². The summed E-state index contributed by atoms with van der Waals surface area (Å²) in [4.78, 5) is 123. The molecule has 1 aromatic carbocycles. The molecule has 1 aliphatic heterocycles. The molecule has 4 N–H and O–H groups in total. The van der Waals surface area contributed by atoms with Gasteiger partial charge in [0.1, 0.15) is 76.5 Å².